The summed E-state index contributed by atoms with van der Waals surface area (Å²) in [5.41, 5.74) is 0.230. The summed E-state index contributed by atoms with van der Waals surface area (Å²) in [5, 5.41) is 12.7. The van der Waals surface area contributed by atoms with Crippen molar-refractivity contribution in [1.82, 2.24) is 14.8 Å². The highest BCUT2D eigenvalue weighted by Gasteiger charge is 2.30. The van der Waals surface area contributed by atoms with Crippen LogP contribution in [0.3, 0.4) is 0 Å². The molecule has 0 aliphatic rings. The molecule has 0 saturated carbocycles. The fourth-order valence-corrected chi connectivity index (χ4v) is 5.28. The van der Waals surface area contributed by atoms with Crippen LogP contribution in [-0.4, -0.2) is 23.2 Å². The number of aromatic nitrogens is 3. The fraction of sp³-hybridized carbons (Fsp3) is 0.400. The predicted octanol–water partition coefficient (Wildman–Crippen LogP) is 2.93. The second-order valence-electron chi connectivity index (χ2n) is 5.10. The lowest BCUT2D eigenvalue weighted by atomic mass is 10.1. The van der Waals surface area contributed by atoms with E-state index in [9.17, 15) is 8.42 Å². The summed E-state index contributed by atoms with van der Waals surface area (Å²) in [6, 6.07) is 1.86. The summed E-state index contributed by atoms with van der Waals surface area (Å²) in [6.07, 6.45) is 0. The molecule has 2 rings (SSSR count). The van der Waals surface area contributed by atoms with Crippen LogP contribution in [0, 0.1) is 0 Å². The van der Waals surface area contributed by atoms with Crippen molar-refractivity contribution in [3.8, 4) is 11.4 Å². The summed E-state index contributed by atoms with van der Waals surface area (Å²) in [4.78, 5) is 0. The molecule has 0 spiro atoms. The topological polar surface area (TPSA) is 90.9 Å². The molecule has 0 aliphatic carbocycles. The molecule has 2 N–H and O–H groups in total. The number of rotatable bonds is 2. The first-order chi connectivity index (χ1) is 9.01. The van der Waals surface area contributed by atoms with E-state index in [2.05, 4.69) is 42.1 Å². The molecule has 10 heteroatoms. The molecule has 0 aliphatic heterocycles. The summed E-state index contributed by atoms with van der Waals surface area (Å²) in [6.45, 7) is 5.59. The molecule has 0 amide bonds. The highest BCUT2D eigenvalue weighted by molar-refractivity contribution is 9.12. The smallest absolute Gasteiger partial charge is 0.273 e. The van der Waals surface area contributed by atoms with Gasteiger partial charge in [-0.15, -0.1) is 21.5 Å². The monoisotopic (exact) mass is 442 g/mol. The van der Waals surface area contributed by atoms with Gasteiger partial charge in [-0.05, 0) is 58.7 Å². The molecule has 2 heterocycles. The molecule has 0 saturated heterocycles. The number of hydrogen-bond acceptors (Lipinski definition) is 5. The quantitative estimate of drug-likeness (QED) is 0.772. The predicted molar refractivity (Wildman–Crippen MR) is 85.1 cm³/mol. The van der Waals surface area contributed by atoms with Gasteiger partial charge in [-0.3, -0.25) is 4.57 Å². The minimum Gasteiger partial charge on any atom is -0.291 e. The van der Waals surface area contributed by atoms with E-state index in [1.165, 1.54) is 15.9 Å². The van der Waals surface area contributed by atoms with Crippen molar-refractivity contribution in [2.45, 2.75) is 31.5 Å². The summed E-state index contributed by atoms with van der Waals surface area (Å²) in [7, 11) is -3.94. The van der Waals surface area contributed by atoms with Crippen LogP contribution < -0.4 is 5.14 Å². The zero-order valence-corrected chi connectivity index (χ0v) is 15.7. The van der Waals surface area contributed by atoms with Gasteiger partial charge in [0.25, 0.3) is 15.2 Å². The molecule has 0 aromatic carbocycles. The number of nitrogens with two attached hydrogens (primary N) is 1. The van der Waals surface area contributed by atoms with E-state index in [1.807, 2.05) is 26.8 Å². The maximum atomic E-state index is 11.7. The van der Waals surface area contributed by atoms with Crippen molar-refractivity contribution >= 4 is 53.2 Å². The Hall–Kier alpha value is -0.290. The minimum atomic E-state index is -3.94. The second kappa shape index (κ2) is 5.16. The molecule has 110 valence electrons. The number of hydrogen-bond donors (Lipinski definition) is 1. The Morgan fingerprint density at radius 1 is 1.30 bits per heavy atom. The van der Waals surface area contributed by atoms with Crippen LogP contribution in [-0.2, 0) is 15.6 Å². The van der Waals surface area contributed by atoms with Gasteiger partial charge in [0.1, 0.15) is 0 Å². The molecule has 2 aromatic heterocycles. The summed E-state index contributed by atoms with van der Waals surface area (Å²) < 4.78 is 26.6. The standard InChI is InChI=1S/C10H12Br2N4O2S2/c1-10(2,3)16-8(5-4-6(11)19-7(5)12)14-15-9(16)20(13,17)18/h4H,1-3H3,(H2,13,17,18). The number of nitrogens with zero attached hydrogens (tertiary/aromatic N) is 3. The number of sulfonamides is 1. The number of primary sulfonamides is 1. The Morgan fingerprint density at radius 3 is 2.30 bits per heavy atom. The average Bonchev–Trinajstić information content (AvgIpc) is 2.79. The van der Waals surface area contributed by atoms with E-state index in [4.69, 9.17) is 5.14 Å². The first-order valence-electron chi connectivity index (χ1n) is 5.45. The van der Waals surface area contributed by atoms with Gasteiger partial charge in [0.05, 0.1) is 7.57 Å². The van der Waals surface area contributed by atoms with E-state index < -0.39 is 15.6 Å². The Labute approximate surface area is 137 Å². The van der Waals surface area contributed by atoms with Crippen LogP contribution in [0.5, 0.6) is 0 Å². The molecular weight excluding hydrogens is 432 g/mol. The van der Waals surface area contributed by atoms with Crippen molar-refractivity contribution < 1.29 is 8.42 Å². The molecule has 0 bridgehead atoms. The SMILES string of the molecule is CC(C)(C)n1c(-c2cc(Br)sc2Br)nnc1S(N)(=O)=O. The molecule has 0 fully saturated rings. The van der Waals surface area contributed by atoms with Gasteiger partial charge in [0.15, 0.2) is 5.82 Å². The average molecular weight is 444 g/mol. The molecule has 0 radical (unpaired) electrons. The van der Waals surface area contributed by atoms with Crippen molar-refractivity contribution in [2.75, 3.05) is 0 Å². The van der Waals surface area contributed by atoms with Crippen molar-refractivity contribution in [1.29, 1.82) is 0 Å². The van der Waals surface area contributed by atoms with Crippen molar-refractivity contribution in [3.05, 3.63) is 13.6 Å². The van der Waals surface area contributed by atoms with E-state index in [0.717, 1.165) is 13.1 Å². The molecule has 0 unspecified atom stereocenters. The lowest BCUT2D eigenvalue weighted by Crippen LogP contribution is -2.29. The second-order valence-corrected chi connectivity index (χ2v) is 10.3. The van der Waals surface area contributed by atoms with Gasteiger partial charge < -0.3 is 0 Å². The highest BCUT2D eigenvalue weighted by atomic mass is 79.9. The normalized spacial score (nSPS) is 12.9. The van der Waals surface area contributed by atoms with Gasteiger partial charge in [-0.1, -0.05) is 0 Å². The lowest BCUT2D eigenvalue weighted by Gasteiger charge is -2.24. The molecule has 6 nitrogen and oxygen atoms in total. The zero-order chi connectivity index (χ0) is 15.3. The third-order valence-corrected chi connectivity index (χ3v) is 5.57. The van der Waals surface area contributed by atoms with Gasteiger partial charge in [0, 0.05) is 11.1 Å². The van der Waals surface area contributed by atoms with Crippen LogP contribution in [0.2, 0.25) is 0 Å². The van der Waals surface area contributed by atoms with Gasteiger partial charge in [-0.25, -0.2) is 13.6 Å². The Morgan fingerprint density at radius 2 is 1.90 bits per heavy atom. The number of thiophene rings is 1. The van der Waals surface area contributed by atoms with Gasteiger partial charge >= 0.3 is 0 Å². The van der Waals surface area contributed by atoms with Crippen LogP contribution >= 0.6 is 43.2 Å². The molecule has 0 atom stereocenters. The van der Waals surface area contributed by atoms with Gasteiger partial charge in [-0.2, -0.15) is 0 Å². The maximum absolute atomic E-state index is 11.7. The fourth-order valence-electron chi connectivity index (χ4n) is 1.73. The summed E-state index contributed by atoms with van der Waals surface area (Å²) >= 11 is 8.30. The lowest BCUT2D eigenvalue weighted by molar-refractivity contribution is 0.366. The Kier molecular flexibility index (Phi) is 4.15. The van der Waals surface area contributed by atoms with Crippen molar-refractivity contribution in [2.24, 2.45) is 5.14 Å². The molecular formula is C10H12Br2N4O2S2. The van der Waals surface area contributed by atoms with Crippen LogP contribution in [0.15, 0.2) is 18.8 Å². The maximum Gasteiger partial charge on any atom is 0.273 e. The molecule has 20 heavy (non-hydrogen) atoms. The van der Waals surface area contributed by atoms with E-state index in [0.29, 0.717) is 5.82 Å². The van der Waals surface area contributed by atoms with E-state index in [1.54, 1.807) is 0 Å². The first kappa shape index (κ1) is 16.1. The zero-order valence-electron chi connectivity index (χ0n) is 10.9. The highest BCUT2D eigenvalue weighted by Crippen LogP contribution is 2.39. The third kappa shape index (κ3) is 2.98. The van der Waals surface area contributed by atoms with Crippen LogP contribution in [0.25, 0.3) is 11.4 Å². The van der Waals surface area contributed by atoms with Crippen molar-refractivity contribution in [3.63, 3.8) is 0 Å². The summed E-state index contributed by atoms with van der Waals surface area (Å²) in [5.74, 6) is 0.454. The number of halogens is 2. The first-order valence-corrected chi connectivity index (χ1v) is 9.40. The minimum absolute atomic E-state index is 0.241. The van der Waals surface area contributed by atoms with Gasteiger partial charge in [0.2, 0.25) is 0 Å². The van der Waals surface area contributed by atoms with E-state index >= 15 is 0 Å². The largest absolute Gasteiger partial charge is 0.291 e. The Balaban J connectivity index is 2.80. The third-order valence-electron chi connectivity index (χ3n) is 2.46. The van der Waals surface area contributed by atoms with Crippen LogP contribution in [0.4, 0.5) is 0 Å². The molecule has 2 aromatic rings. The van der Waals surface area contributed by atoms with Crippen LogP contribution in [0.1, 0.15) is 20.8 Å². The Bertz CT molecular complexity index is 759. The van der Waals surface area contributed by atoms with E-state index in [-0.39, 0.29) is 5.16 Å².